The second kappa shape index (κ2) is 5.25. The maximum absolute atomic E-state index is 12.4. The average Bonchev–Trinajstić information content (AvgIpc) is 2.29. The van der Waals surface area contributed by atoms with Gasteiger partial charge in [0.15, 0.2) is 0 Å². The summed E-state index contributed by atoms with van der Waals surface area (Å²) in [7, 11) is 2.13. The van der Waals surface area contributed by atoms with Crippen molar-refractivity contribution in [3.8, 4) is 0 Å². The van der Waals surface area contributed by atoms with Gasteiger partial charge in [-0.25, -0.2) is 4.79 Å². The first-order chi connectivity index (χ1) is 8.08. The number of likely N-dealkylation sites (N-methyl/N-ethyl adjacent to an activating group) is 1. The van der Waals surface area contributed by atoms with E-state index in [0.717, 1.165) is 51.5 Å². The largest absolute Gasteiger partial charge is 0.325 e. The van der Waals surface area contributed by atoms with E-state index in [4.69, 9.17) is 0 Å². The molecule has 2 aliphatic rings. The molecule has 17 heavy (non-hydrogen) atoms. The summed E-state index contributed by atoms with van der Waals surface area (Å²) in [6.45, 7) is 9.19. The SMILES string of the molecule is CC1CCN(C(=O)N2CCN(C)CC2C)CC1. The number of urea groups is 1. The van der Waals surface area contributed by atoms with Crippen LogP contribution in [-0.4, -0.2) is 66.5 Å². The predicted molar refractivity (Wildman–Crippen MR) is 69.0 cm³/mol. The summed E-state index contributed by atoms with van der Waals surface area (Å²) in [6.07, 6.45) is 2.32. The molecule has 0 bridgehead atoms. The maximum Gasteiger partial charge on any atom is 0.320 e. The third-order valence-corrected chi connectivity index (χ3v) is 4.13. The van der Waals surface area contributed by atoms with Gasteiger partial charge >= 0.3 is 6.03 Å². The highest BCUT2D eigenvalue weighted by atomic mass is 16.2. The quantitative estimate of drug-likeness (QED) is 0.640. The molecule has 1 atom stereocenters. The van der Waals surface area contributed by atoms with Gasteiger partial charge in [-0.15, -0.1) is 0 Å². The molecule has 0 aromatic carbocycles. The van der Waals surface area contributed by atoms with E-state index in [-0.39, 0.29) is 6.03 Å². The Kier molecular flexibility index (Phi) is 3.92. The van der Waals surface area contributed by atoms with E-state index in [9.17, 15) is 4.79 Å². The Bertz CT molecular complexity index is 274. The van der Waals surface area contributed by atoms with Gasteiger partial charge in [-0.05, 0) is 32.7 Å². The maximum atomic E-state index is 12.4. The first-order valence-electron chi connectivity index (χ1n) is 6.82. The molecule has 2 amide bonds. The fraction of sp³-hybridized carbons (Fsp3) is 0.923. The van der Waals surface area contributed by atoms with Crippen LogP contribution in [-0.2, 0) is 0 Å². The van der Waals surface area contributed by atoms with Gasteiger partial charge in [0.1, 0.15) is 0 Å². The van der Waals surface area contributed by atoms with Gasteiger partial charge in [0, 0.05) is 38.8 Å². The van der Waals surface area contributed by atoms with Gasteiger partial charge < -0.3 is 14.7 Å². The summed E-state index contributed by atoms with van der Waals surface area (Å²) in [5.74, 6) is 0.781. The van der Waals surface area contributed by atoms with Crippen LogP contribution in [0.4, 0.5) is 4.79 Å². The zero-order valence-corrected chi connectivity index (χ0v) is 11.4. The number of piperazine rings is 1. The van der Waals surface area contributed by atoms with Crippen LogP contribution in [0.5, 0.6) is 0 Å². The first kappa shape index (κ1) is 12.7. The van der Waals surface area contributed by atoms with Crippen molar-refractivity contribution in [3.63, 3.8) is 0 Å². The van der Waals surface area contributed by atoms with E-state index in [1.54, 1.807) is 0 Å². The molecule has 2 aliphatic heterocycles. The van der Waals surface area contributed by atoms with E-state index in [2.05, 4.69) is 30.7 Å². The van der Waals surface area contributed by atoms with E-state index < -0.39 is 0 Å². The lowest BCUT2D eigenvalue weighted by Gasteiger charge is -2.42. The fourth-order valence-electron chi connectivity index (χ4n) is 2.81. The molecule has 0 aromatic rings. The van der Waals surface area contributed by atoms with E-state index in [1.165, 1.54) is 0 Å². The predicted octanol–water partition coefficient (Wildman–Crippen LogP) is 1.47. The number of hydrogen-bond acceptors (Lipinski definition) is 2. The lowest BCUT2D eigenvalue weighted by atomic mass is 9.99. The Morgan fingerprint density at radius 2 is 1.71 bits per heavy atom. The van der Waals surface area contributed by atoms with Crippen molar-refractivity contribution in [1.29, 1.82) is 0 Å². The Morgan fingerprint density at radius 3 is 2.29 bits per heavy atom. The van der Waals surface area contributed by atoms with E-state index >= 15 is 0 Å². The number of nitrogens with zero attached hydrogens (tertiary/aromatic N) is 3. The van der Waals surface area contributed by atoms with Gasteiger partial charge in [0.05, 0.1) is 0 Å². The molecule has 4 heteroatoms. The van der Waals surface area contributed by atoms with E-state index in [1.807, 2.05) is 4.90 Å². The third kappa shape index (κ3) is 2.92. The summed E-state index contributed by atoms with van der Waals surface area (Å²) in [4.78, 5) is 18.8. The van der Waals surface area contributed by atoms with Gasteiger partial charge in [0.25, 0.3) is 0 Å². The molecular formula is C13H25N3O. The summed E-state index contributed by atoms with van der Waals surface area (Å²) < 4.78 is 0. The zero-order valence-electron chi connectivity index (χ0n) is 11.4. The lowest BCUT2D eigenvalue weighted by Crippen LogP contribution is -2.57. The van der Waals surface area contributed by atoms with Crippen molar-refractivity contribution in [2.24, 2.45) is 5.92 Å². The summed E-state index contributed by atoms with van der Waals surface area (Å²) in [5, 5.41) is 0. The number of carbonyl (C=O) groups excluding carboxylic acids is 1. The highest BCUT2D eigenvalue weighted by molar-refractivity contribution is 5.75. The normalized spacial score (nSPS) is 28.5. The molecule has 2 rings (SSSR count). The topological polar surface area (TPSA) is 26.8 Å². The molecule has 0 N–H and O–H groups in total. The summed E-state index contributed by atoms with van der Waals surface area (Å²) in [6, 6.07) is 0.609. The van der Waals surface area contributed by atoms with Crippen LogP contribution in [0.25, 0.3) is 0 Å². The van der Waals surface area contributed by atoms with Crippen molar-refractivity contribution in [3.05, 3.63) is 0 Å². The number of carbonyl (C=O) groups is 1. The zero-order chi connectivity index (χ0) is 12.4. The smallest absolute Gasteiger partial charge is 0.320 e. The van der Waals surface area contributed by atoms with Crippen LogP contribution in [0.1, 0.15) is 26.7 Å². The number of likely N-dealkylation sites (tertiary alicyclic amines) is 1. The molecule has 0 radical (unpaired) electrons. The highest BCUT2D eigenvalue weighted by Gasteiger charge is 2.30. The van der Waals surface area contributed by atoms with Crippen LogP contribution < -0.4 is 0 Å². The van der Waals surface area contributed by atoms with Crippen molar-refractivity contribution in [2.45, 2.75) is 32.7 Å². The van der Waals surface area contributed by atoms with Crippen LogP contribution in [0.2, 0.25) is 0 Å². The monoisotopic (exact) mass is 239 g/mol. The van der Waals surface area contributed by atoms with E-state index in [0.29, 0.717) is 6.04 Å². The first-order valence-corrected chi connectivity index (χ1v) is 6.82. The molecule has 98 valence electrons. The standard InChI is InChI=1S/C13H25N3O/c1-11-4-6-15(7-5-11)13(17)16-9-8-14(3)10-12(16)2/h11-12H,4-10H2,1-3H3. The summed E-state index contributed by atoms with van der Waals surface area (Å²) in [5.41, 5.74) is 0. The van der Waals surface area contributed by atoms with Crippen LogP contribution in [0, 0.1) is 5.92 Å². The molecule has 0 aromatic heterocycles. The Balaban J connectivity index is 1.91. The molecule has 2 fully saturated rings. The summed E-state index contributed by atoms with van der Waals surface area (Å²) >= 11 is 0. The fourth-order valence-corrected chi connectivity index (χ4v) is 2.81. The minimum absolute atomic E-state index is 0.262. The molecule has 2 heterocycles. The number of amides is 2. The van der Waals surface area contributed by atoms with Crippen LogP contribution in [0.15, 0.2) is 0 Å². The molecule has 0 saturated carbocycles. The van der Waals surface area contributed by atoms with Crippen LogP contribution >= 0.6 is 0 Å². The molecular weight excluding hydrogens is 214 g/mol. The molecule has 2 saturated heterocycles. The van der Waals surface area contributed by atoms with Gasteiger partial charge in [-0.1, -0.05) is 6.92 Å². The van der Waals surface area contributed by atoms with Gasteiger partial charge in [-0.3, -0.25) is 0 Å². The third-order valence-electron chi connectivity index (χ3n) is 4.13. The Labute approximate surface area is 105 Å². The molecule has 0 aliphatic carbocycles. The lowest BCUT2D eigenvalue weighted by molar-refractivity contribution is 0.0833. The second-order valence-corrected chi connectivity index (χ2v) is 5.76. The second-order valence-electron chi connectivity index (χ2n) is 5.76. The Hall–Kier alpha value is -0.770. The number of hydrogen-bond donors (Lipinski definition) is 0. The van der Waals surface area contributed by atoms with Crippen molar-refractivity contribution in [1.82, 2.24) is 14.7 Å². The minimum Gasteiger partial charge on any atom is -0.325 e. The minimum atomic E-state index is 0.262. The van der Waals surface area contributed by atoms with Crippen molar-refractivity contribution < 1.29 is 4.79 Å². The van der Waals surface area contributed by atoms with Crippen molar-refractivity contribution in [2.75, 3.05) is 39.8 Å². The number of rotatable bonds is 0. The molecule has 4 nitrogen and oxygen atoms in total. The Morgan fingerprint density at radius 1 is 1.06 bits per heavy atom. The number of piperidine rings is 1. The van der Waals surface area contributed by atoms with Crippen molar-refractivity contribution >= 4 is 6.03 Å². The van der Waals surface area contributed by atoms with Gasteiger partial charge in [0.2, 0.25) is 0 Å². The average molecular weight is 239 g/mol. The molecule has 1 unspecified atom stereocenters. The van der Waals surface area contributed by atoms with Crippen LogP contribution in [0.3, 0.4) is 0 Å². The highest BCUT2D eigenvalue weighted by Crippen LogP contribution is 2.19. The molecule has 0 spiro atoms. The van der Waals surface area contributed by atoms with Gasteiger partial charge in [-0.2, -0.15) is 0 Å².